The Balaban J connectivity index is 1.19. The van der Waals surface area contributed by atoms with Gasteiger partial charge in [0.25, 0.3) is 5.91 Å². The molecule has 5 N–H and O–H groups in total. The number of piperazine rings is 1. The summed E-state index contributed by atoms with van der Waals surface area (Å²) in [6.45, 7) is 6.09. The number of hydrogen-bond donors (Lipinski definition) is 5. The molecule has 4 atom stereocenters. The highest BCUT2D eigenvalue weighted by atomic mass is 16.5. The molecular weight excluding hydrogens is 460 g/mol. The van der Waals surface area contributed by atoms with E-state index >= 15 is 0 Å². The van der Waals surface area contributed by atoms with Crippen molar-refractivity contribution in [1.82, 2.24) is 36.2 Å². The third kappa shape index (κ3) is 6.09. The van der Waals surface area contributed by atoms with Crippen LogP contribution in [0.15, 0.2) is 24.3 Å². The topological polar surface area (TPSA) is 113 Å². The van der Waals surface area contributed by atoms with E-state index in [1.165, 1.54) is 25.7 Å². The summed E-state index contributed by atoms with van der Waals surface area (Å²) in [6.07, 6.45) is 4.73. The monoisotopic (exact) mass is 500 g/mol. The first kappa shape index (κ1) is 25.2. The zero-order chi connectivity index (χ0) is 24.9. The summed E-state index contributed by atoms with van der Waals surface area (Å²) >= 11 is 0. The predicted molar refractivity (Wildman–Crippen MR) is 137 cm³/mol. The molecule has 198 valence electrons. The number of hydrazine groups is 1. The van der Waals surface area contributed by atoms with Crippen molar-refractivity contribution in [2.24, 2.45) is 5.92 Å². The van der Waals surface area contributed by atoms with Gasteiger partial charge in [-0.05, 0) is 44.2 Å². The maximum atomic E-state index is 12.8. The fourth-order valence-electron chi connectivity index (χ4n) is 5.53. The molecule has 4 aliphatic heterocycles. The Morgan fingerprint density at radius 1 is 1.00 bits per heavy atom. The quantitative estimate of drug-likeness (QED) is 0.354. The van der Waals surface area contributed by atoms with Crippen LogP contribution in [0.3, 0.4) is 0 Å². The molecule has 2 amide bonds. The Morgan fingerprint density at radius 2 is 1.72 bits per heavy atom. The smallest absolute Gasteiger partial charge is 0.260 e. The molecule has 0 bridgehead atoms. The fourth-order valence-corrected chi connectivity index (χ4v) is 5.53. The molecule has 1 aromatic carbocycles. The van der Waals surface area contributed by atoms with E-state index in [2.05, 4.69) is 43.6 Å². The van der Waals surface area contributed by atoms with E-state index in [9.17, 15) is 9.59 Å². The Bertz CT molecular complexity index is 884. The van der Waals surface area contributed by atoms with Crippen LogP contribution in [-0.4, -0.2) is 104 Å². The average molecular weight is 501 g/mol. The molecule has 4 fully saturated rings. The van der Waals surface area contributed by atoms with Gasteiger partial charge in [-0.1, -0.05) is 12.8 Å². The Kier molecular flexibility index (Phi) is 8.22. The van der Waals surface area contributed by atoms with Gasteiger partial charge >= 0.3 is 0 Å². The molecule has 11 heteroatoms. The third-order valence-electron chi connectivity index (χ3n) is 7.74. The van der Waals surface area contributed by atoms with Gasteiger partial charge in [-0.3, -0.25) is 30.5 Å². The van der Waals surface area contributed by atoms with Crippen LogP contribution in [0.1, 0.15) is 25.7 Å². The maximum absolute atomic E-state index is 12.8. The van der Waals surface area contributed by atoms with Crippen molar-refractivity contribution in [2.45, 2.75) is 44.2 Å². The fraction of sp³-hybridized carbons (Fsp3) is 0.680. The van der Waals surface area contributed by atoms with Crippen molar-refractivity contribution in [3.8, 4) is 5.75 Å². The van der Waals surface area contributed by atoms with Crippen LogP contribution >= 0.6 is 0 Å². The summed E-state index contributed by atoms with van der Waals surface area (Å²) in [6, 6.07) is 7.64. The first-order chi connectivity index (χ1) is 17.6. The van der Waals surface area contributed by atoms with Crippen LogP contribution < -0.4 is 31.5 Å². The lowest BCUT2D eigenvalue weighted by Gasteiger charge is -2.48. The van der Waals surface area contributed by atoms with Crippen LogP contribution in [0.2, 0.25) is 0 Å². The van der Waals surface area contributed by atoms with Gasteiger partial charge in [0.05, 0.1) is 12.1 Å². The highest BCUT2D eigenvalue weighted by Gasteiger charge is 2.44. The van der Waals surface area contributed by atoms with Crippen LogP contribution in [0.4, 0.5) is 5.69 Å². The van der Waals surface area contributed by atoms with E-state index in [1.54, 1.807) is 0 Å². The number of amides is 2. The summed E-state index contributed by atoms with van der Waals surface area (Å²) in [5.41, 5.74) is 6.71. The van der Waals surface area contributed by atoms with Crippen LogP contribution in [0, 0.1) is 5.92 Å². The first-order valence-electron chi connectivity index (χ1n) is 13.3. The van der Waals surface area contributed by atoms with E-state index in [4.69, 9.17) is 4.74 Å². The number of hydrogen-bond acceptors (Lipinski definition) is 9. The van der Waals surface area contributed by atoms with Crippen LogP contribution in [0.5, 0.6) is 5.75 Å². The standard InChI is InChI=1S/C25H40N8O3/c1-31-12-14-32(15-13-31)21(34)17-36-19-8-6-18(7-9-19)27-23-22-20(16-26-30-24(22)35)28-25(29-23)33-10-4-2-3-5-11-33/h6-9,20,22-23,25-29H,2-5,10-17H2,1H3,(H,30,35). The van der Waals surface area contributed by atoms with E-state index in [1.807, 2.05) is 29.2 Å². The number of carbonyl (C=O) groups is 2. The van der Waals surface area contributed by atoms with E-state index in [0.29, 0.717) is 12.3 Å². The van der Waals surface area contributed by atoms with Gasteiger partial charge in [-0.15, -0.1) is 0 Å². The molecule has 0 spiro atoms. The number of nitrogens with one attached hydrogen (secondary N) is 5. The SMILES string of the molecule is CN1CCN(C(=O)COc2ccc(NC3NC(N4CCCCCC4)NC4CNNC(=O)C43)cc2)CC1. The molecule has 0 radical (unpaired) electrons. The number of carbonyl (C=O) groups excluding carboxylic acids is 2. The lowest BCUT2D eigenvalue weighted by atomic mass is 9.91. The Hall–Kier alpha value is -2.44. The molecule has 4 unspecified atom stereocenters. The van der Waals surface area contributed by atoms with Gasteiger partial charge in [0, 0.05) is 57.5 Å². The summed E-state index contributed by atoms with van der Waals surface area (Å²) < 4.78 is 5.77. The second-order valence-corrected chi connectivity index (χ2v) is 10.3. The van der Waals surface area contributed by atoms with E-state index < -0.39 is 0 Å². The molecule has 4 aliphatic rings. The van der Waals surface area contributed by atoms with Crippen molar-refractivity contribution in [2.75, 3.05) is 64.8 Å². The number of ether oxygens (including phenoxy) is 1. The van der Waals surface area contributed by atoms with Gasteiger partial charge in [0.2, 0.25) is 5.91 Å². The zero-order valence-electron chi connectivity index (χ0n) is 21.2. The number of nitrogens with zero attached hydrogens (tertiary/aromatic N) is 3. The third-order valence-corrected chi connectivity index (χ3v) is 7.74. The lowest BCUT2D eigenvalue weighted by Crippen LogP contribution is -2.76. The number of rotatable bonds is 6. The van der Waals surface area contributed by atoms with Gasteiger partial charge < -0.3 is 19.9 Å². The minimum absolute atomic E-state index is 0.0118. The Labute approximate surface area is 213 Å². The molecule has 5 rings (SSSR count). The average Bonchev–Trinajstić information content (AvgIpc) is 3.18. The number of likely N-dealkylation sites (N-methyl/N-ethyl adjacent to an activating group) is 1. The number of fused-ring (bicyclic) bond motifs is 1. The van der Waals surface area contributed by atoms with Gasteiger partial charge in [-0.2, -0.15) is 0 Å². The Morgan fingerprint density at radius 3 is 2.44 bits per heavy atom. The van der Waals surface area contributed by atoms with Crippen molar-refractivity contribution in [3.63, 3.8) is 0 Å². The van der Waals surface area contributed by atoms with Crippen molar-refractivity contribution in [3.05, 3.63) is 24.3 Å². The van der Waals surface area contributed by atoms with Crippen LogP contribution in [0.25, 0.3) is 0 Å². The van der Waals surface area contributed by atoms with Crippen molar-refractivity contribution < 1.29 is 14.3 Å². The van der Waals surface area contributed by atoms with Crippen molar-refractivity contribution in [1.29, 1.82) is 0 Å². The molecule has 0 aromatic heterocycles. The largest absolute Gasteiger partial charge is 0.484 e. The molecule has 0 saturated carbocycles. The normalized spacial score (nSPS) is 30.1. The molecule has 4 heterocycles. The molecular formula is C25H40N8O3. The molecule has 36 heavy (non-hydrogen) atoms. The summed E-state index contributed by atoms with van der Waals surface area (Å²) in [5.74, 6) is 0.389. The summed E-state index contributed by atoms with van der Waals surface area (Å²) in [5, 5.41) is 10.9. The minimum atomic E-state index is -0.258. The van der Waals surface area contributed by atoms with E-state index in [0.717, 1.165) is 45.0 Å². The van der Waals surface area contributed by atoms with Crippen molar-refractivity contribution >= 4 is 17.5 Å². The lowest BCUT2D eigenvalue weighted by molar-refractivity contribution is -0.135. The molecule has 0 aliphatic carbocycles. The van der Waals surface area contributed by atoms with Gasteiger partial charge in [0.1, 0.15) is 12.0 Å². The number of benzene rings is 1. The number of likely N-dealkylation sites (tertiary alicyclic amines) is 1. The second-order valence-electron chi connectivity index (χ2n) is 10.3. The highest BCUT2D eigenvalue weighted by Crippen LogP contribution is 2.24. The first-order valence-corrected chi connectivity index (χ1v) is 13.3. The zero-order valence-corrected chi connectivity index (χ0v) is 21.2. The van der Waals surface area contributed by atoms with Gasteiger partial charge in [-0.25, -0.2) is 5.43 Å². The predicted octanol–water partition coefficient (Wildman–Crippen LogP) is -0.451. The molecule has 1 aromatic rings. The summed E-state index contributed by atoms with van der Waals surface area (Å²) in [7, 11) is 2.07. The molecule has 4 saturated heterocycles. The minimum Gasteiger partial charge on any atom is -0.484 e. The summed E-state index contributed by atoms with van der Waals surface area (Å²) in [4.78, 5) is 31.8. The second kappa shape index (κ2) is 11.7. The van der Waals surface area contributed by atoms with Gasteiger partial charge in [0.15, 0.2) is 6.61 Å². The van der Waals surface area contributed by atoms with E-state index in [-0.39, 0.29) is 42.8 Å². The van der Waals surface area contributed by atoms with Crippen LogP contribution in [-0.2, 0) is 9.59 Å². The maximum Gasteiger partial charge on any atom is 0.260 e. The highest BCUT2D eigenvalue weighted by molar-refractivity contribution is 5.81. The number of anilines is 1. The molecule has 11 nitrogen and oxygen atoms in total.